The van der Waals surface area contributed by atoms with E-state index in [0.717, 1.165) is 19.3 Å². The van der Waals surface area contributed by atoms with Gasteiger partial charge in [0.05, 0.1) is 48.8 Å². The van der Waals surface area contributed by atoms with E-state index in [1.165, 1.54) is 26.2 Å². The zero-order valence-electron chi connectivity index (χ0n) is 57.8. The van der Waals surface area contributed by atoms with Crippen LogP contribution in [-0.4, -0.2) is 182 Å². The molecular formula is C68H111N11O14. The van der Waals surface area contributed by atoms with Gasteiger partial charge in [-0.3, -0.25) is 43.3 Å². The number of aliphatic hydroxyl groups is 1. The number of hydrogen-bond donors (Lipinski definition) is 9. The van der Waals surface area contributed by atoms with Gasteiger partial charge in [0.25, 0.3) is 0 Å². The average Bonchev–Trinajstić information content (AvgIpc) is 1.85. The predicted molar refractivity (Wildman–Crippen MR) is 355 cm³/mol. The quantitative estimate of drug-likeness (QED) is 0.0342. The van der Waals surface area contributed by atoms with E-state index in [-0.39, 0.29) is 81.2 Å². The number of primary amides is 1. The number of ether oxygens (including phenoxy) is 3. The summed E-state index contributed by atoms with van der Waals surface area (Å²) in [7, 11) is 6.09. The number of hydrogen-bond acceptors (Lipinski definition) is 14. The number of aliphatic hydroxyl groups excluding tert-OH is 1. The fraction of sp³-hybridized carbons (Fsp3) is 0.676. The zero-order chi connectivity index (χ0) is 69.6. The van der Waals surface area contributed by atoms with Crippen molar-refractivity contribution in [2.45, 2.75) is 220 Å². The largest absolute Gasteiger partial charge is 0.445 e. The first-order valence-corrected chi connectivity index (χ1v) is 33.2. The number of likely N-dealkylation sites (tertiary alicyclic amines) is 1. The molecule has 2 aromatic rings. The van der Waals surface area contributed by atoms with Gasteiger partial charge in [-0.25, -0.2) is 9.59 Å². The second kappa shape index (κ2) is 40.7. The summed E-state index contributed by atoms with van der Waals surface area (Å²) in [5.74, 6) is -5.39. The molecule has 0 aromatic heterocycles. The molecule has 0 aliphatic carbocycles. The van der Waals surface area contributed by atoms with Crippen LogP contribution in [0.25, 0.3) is 0 Å². The molecule has 10 N–H and O–H groups in total. The van der Waals surface area contributed by atoms with E-state index < -0.39 is 120 Å². The number of nitrogens with two attached hydrogens (primary N) is 1. The molecule has 25 heteroatoms. The first-order valence-electron chi connectivity index (χ1n) is 33.2. The lowest BCUT2D eigenvalue weighted by atomic mass is 9.89. The topological polar surface area (TPSA) is 339 Å². The van der Waals surface area contributed by atoms with Crippen molar-refractivity contribution in [1.82, 2.24) is 46.6 Å². The summed E-state index contributed by atoms with van der Waals surface area (Å²) in [4.78, 5) is 140. The first kappa shape index (κ1) is 79.9. The maximum absolute atomic E-state index is 14.8. The molecule has 1 heterocycles. The standard InChI is InChI=1S/C68H111N11O14/c1-16-18-22-36-70-53(80)30-23-31-54(81)75-56(41(3)4)64(86)74-50(28-24-37-71-67(69)89)63(85)73-49-34-32-47(33-35-49)40-93-68(90)78(13)58(43(7)8)65(87)76-57(42(5)6)66(88)77(12)59(44(9)17-2)52(91-14)39-55(82)79-38-25-29-51(79)61(92-15)45(10)62(84)72-46(11)60(83)48-26-20-19-21-27-48/h19-21,26-27,32-35,41-46,50-52,56-61,83H,16-18,22-25,28-31,36-40H2,1-15H3,(H,70,80)(H,72,84)(H,73,85)(H,74,86)(H,75,81)(H,76,87)(H3,69,71,89)/t44?,45-,46-,50+,51+,52-,56+,57+,58+,59+,60-,61-/m1/s1. The van der Waals surface area contributed by atoms with Crippen LogP contribution >= 0.6 is 0 Å². The Morgan fingerprint density at radius 1 is 0.677 bits per heavy atom. The maximum atomic E-state index is 14.8. The molecule has 1 saturated heterocycles. The summed E-state index contributed by atoms with van der Waals surface area (Å²) < 4.78 is 17.8. The summed E-state index contributed by atoms with van der Waals surface area (Å²) in [5, 5.41) is 30.5. The Morgan fingerprint density at radius 2 is 1.31 bits per heavy atom. The summed E-state index contributed by atoms with van der Waals surface area (Å²) in [6, 6.07) is 8.82. The van der Waals surface area contributed by atoms with Gasteiger partial charge in [-0.05, 0) is 92.4 Å². The fourth-order valence-corrected chi connectivity index (χ4v) is 11.8. The van der Waals surface area contributed by atoms with Gasteiger partial charge in [0, 0.05) is 66.5 Å². The summed E-state index contributed by atoms with van der Waals surface area (Å²) in [6.45, 7) is 21.1. The molecule has 1 aliphatic heterocycles. The van der Waals surface area contributed by atoms with Gasteiger partial charge in [-0.1, -0.05) is 131 Å². The van der Waals surface area contributed by atoms with Crippen molar-refractivity contribution in [1.29, 1.82) is 0 Å². The number of unbranched alkanes of at least 4 members (excludes halogenated alkanes) is 2. The minimum Gasteiger partial charge on any atom is -0.445 e. The van der Waals surface area contributed by atoms with E-state index in [1.807, 2.05) is 32.0 Å². The van der Waals surface area contributed by atoms with Gasteiger partial charge in [0.15, 0.2) is 0 Å². The highest BCUT2D eigenvalue weighted by Gasteiger charge is 2.44. The Labute approximate surface area is 551 Å². The van der Waals surface area contributed by atoms with Crippen molar-refractivity contribution in [3.8, 4) is 0 Å². The third-order valence-electron chi connectivity index (χ3n) is 17.4. The van der Waals surface area contributed by atoms with E-state index in [2.05, 4.69) is 44.1 Å². The summed E-state index contributed by atoms with van der Waals surface area (Å²) in [5.41, 5.74) is 6.79. The number of rotatable bonds is 40. The molecule has 0 bridgehead atoms. The SMILES string of the molecule is CCCCCNC(=O)CCCC(=O)N[C@H](C(=O)N[C@@H](CCCNC(N)=O)C(=O)Nc1ccc(COC(=O)N(C)[C@H](C(=O)N[C@H](C(=O)N(C)[C@@H](C(C)CC)[C@@H](CC(=O)N2CCC[C@H]2[C@H](OC)[C@@H](C)C(=O)N[C@H](C)[C@@H](O)c2ccccc2)OC)C(C)C)C(C)C)cc1)C(C)C. The summed E-state index contributed by atoms with van der Waals surface area (Å²) in [6.07, 6.45) is 2.35. The lowest BCUT2D eigenvalue weighted by Crippen LogP contribution is -2.60. The molecule has 0 saturated carbocycles. The van der Waals surface area contributed by atoms with E-state index >= 15 is 0 Å². The zero-order valence-corrected chi connectivity index (χ0v) is 57.8. The minimum absolute atomic E-state index is 0.0187. The third-order valence-corrected chi connectivity index (χ3v) is 17.4. The molecule has 2 aromatic carbocycles. The van der Waals surface area contributed by atoms with E-state index in [0.29, 0.717) is 49.2 Å². The molecule has 1 aliphatic rings. The molecule has 93 heavy (non-hydrogen) atoms. The number of nitrogens with one attached hydrogen (secondary N) is 7. The molecule has 0 radical (unpaired) electrons. The highest BCUT2D eigenvalue weighted by atomic mass is 16.6. The second-order valence-corrected chi connectivity index (χ2v) is 25.7. The molecule has 0 spiro atoms. The van der Waals surface area contributed by atoms with Crippen LogP contribution in [0.1, 0.15) is 170 Å². The normalized spacial score (nSPS) is 16.6. The van der Waals surface area contributed by atoms with Crippen molar-refractivity contribution in [2.24, 2.45) is 35.3 Å². The number of amides is 11. The second-order valence-electron chi connectivity index (χ2n) is 25.7. The van der Waals surface area contributed by atoms with Gasteiger partial charge < -0.3 is 72.1 Å². The monoisotopic (exact) mass is 1310 g/mol. The first-order chi connectivity index (χ1) is 44.0. The Bertz CT molecular complexity index is 2700. The molecule has 522 valence electrons. The van der Waals surface area contributed by atoms with Crippen molar-refractivity contribution in [3.63, 3.8) is 0 Å². The number of nitrogens with zero attached hydrogens (tertiary/aromatic N) is 3. The molecule has 1 unspecified atom stereocenters. The highest BCUT2D eigenvalue weighted by molar-refractivity contribution is 5.98. The van der Waals surface area contributed by atoms with E-state index in [1.54, 1.807) is 109 Å². The van der Waals surface area contributed by atoms with Crippen LogP contribution in [0.2, 0.25) is 0 Å². The molecule has 12 atom stereocenters. The van der Waals surface area contributed by atoms with Crippen LogP contribution in [0.4, 0.5) is 15.3 Å². The smallest absolute Gasteiger partial charge is 0.410 e. The van der Waals surface area contributed by atoms with Crippen molar-refractivity contribution in [2.75, 3.05) is 53.3 Å². The average molecular weight is 1310 g/mol. The Hall–Kier alpha value is -7.38. The Morgan fingerprint density at radius 3 is 1.89 bits per heavy atom. The Kier molecular flexibility index (Phi) is 34.9. The van der Waals surface area contributed by atoms with Crippen molar-refractivity contribution >= 4 is 65.1 Å². The number of carbonyl (C=O) groups excluding carboxylic acids is 10. The van der Waals surface area contributed by atoms with Gasteiger partial charge in [-0.2, -0.15) is 0 Å². The number of carbonyl (C=O) groups is 10. The lowest BCUT2D eigenvalue weighted by molar-refractivity contribution is -0.148. The van der Waals surface area contributed by atoms with Crippen LogP contribution in [0.5, 0.6) is 0 Å². The number of likely N-dealkylation sites (N-methyl/N-ethyl adjacent to an activating group) is 2. The fourth-order valence-electron chi connectivity index (χ4n) is 11.8. The predicted octanol–water partition coefficient (Wildman–Crippen LogP) is 6.07. The van der Waals surface area contributed by atoms with Crippen LogP contribution in [0.3, 0.4) is 0 Å². The van der Waals surface area contributed by atoms with Gasteiger partial charge in [-0.15, -0.1) is 0 Å². The number of urea groups is 1. The third kappa shape index (κ3) is 25.5. The molecule has 11 amide bonds. The van der Waals surface area contributed by atoms with E-state index in [4.69, 9.17) is 19.9 Å². The minimum atomic E-state index is -1.10. The van der Waals surface area contributed by atoms with Crippen LogP contribution in [0.15, 0.2) is 54.6 Å². The number of benzene rings is 2. The maximum Gasteiger partial charge on any atom is 0.410 e. The van der Waals surface area contributed by atoms with Gasteiger partial charge in [0.1, 0.15) is 30.8 Å². The highest BCUT2D eigenvalue weighted by Crippen LogP contribution is 2.31. The molecule has 25 nitrogen and oxygen atoms in total. The van der Waals surface area contributed by atoms with Crippen molar-refractivity contribution < 1.29 is 67.3 Å². The lowest BCUT2D eigenvalue weighted by Gasteiger charge is -2.41. The van der Waals surface area contributed by atoms with Crippen LogP contribution < -0.4 is 43.0 Å². The van der Waals surface area contributed by atoms with Crippen LogP contribution in [0, 0.1) is 29.6 Å². The van der Waals surface area contributed by atoms with Gasteiger partial charge >= 0.3 is 12.1 Å². The number of methoxy groups -OCH3 is 2. The van der Waals surface area contributed by atoms with Crippen LogP contribution in [-0.2, 0) is 59.2 Å². The summed E-state index contributed by atoms with van der Waals surface area (Å²) >= 11 is 0. The molecule has 3 rings (SSSR count). The molecule has 1 fully saturated rings. The van der Waals surface area contributed by atoms with E-state index in [9.17, 15) is 53.1 Å². The van der Waals surface area contributed by atoms with Crippen molar-refractivity contribution in [3.05, 3.63) is 65.7 Å². The number of anilines is 1. The van der Waals surface area contributed by atoms with Gasteiger partial charge in [0.2, 0.25) is 47.3 Å². The Balaban J connectivity index is 1.69. The molecular weight excluding hydrogens is 1190 g/mol.